The van der Waals surface area contributed by atoms with E-state index in [4.69, 9.17) is 11.6 Å². The van der Waals surface area contributed by atoms with Crippen molar-refractivity contribution in [2.24, 2.45) is 0 Å². The Hall–Kier alpha value is -2.70. The van der Waals surface area contributed by atoms with Crippen LogP contribution in [0.25, 0.3) is 38.0 Å². The Kier molecular flexibility index (Phi) is 2.95. The van der Waals surface area contributed by atoms with Crippen molar-refractivity contribution in [3.05, 3.63) is 59.6 Å². The molecule has 116 valence electrons. The van der Waals surface area contributed by atoms with Crippen molar-refractivity contribution in [1.29, 1.82) is 0 Å². The van der Waals surface area contributed by atoms with E-state index in [9.17, 15) is 0 Å². The third-order valence-corrected chi connectivity index (χ3v) is 5.00. The van der Waals surface area contributed by atoms with Crippen LogP contribution in [0.15, 0.2) is 54.6 Å². The molecule has 0 unspecified atom stereocenters. The normalized spacial score (nSPS) is 11.5. The molecule has 0 fully saturated rings. The number of rotatable bonds is 2. The predicted octanol–water partition coefficient (Wildman–Crippen LogP) is 4.65. The number of hydrogen-bond donors (Lipinski definition) is 1. The number of benzene rings is 2. The van der Waals surface area contributed by atoms with Crippen molar-refractivity contribution >= 4 is 38.8 Å². The third-order valence-electron chi connectivity index (χ3n) is 3.83. The summed E-state index contributed by atoms with van der Waals surface area (Å²) in [4.78, 5) is 4.14. The number of halogens is 1. The Morgan fingerprint density at radius 3 is 2.79 bits per heavy atom. The van der Waals surface area contributed by atoms with Gasteiger partial charge in [-0.2, -0.15) is 9.61 Å². The average Bonchev–Trinajstić information content (AvgIpc) is 3.27. The van der Waals surface area contributed by atoms with Gasteiger partial charge in [0, 0.05) is 21.5 Å². The highest BCUT2D eigenvalue weighted by atomic mass is 35.5. The van der Waals surface area contributed by atoms with Crippen molar-refractivity contribution in [1.82, 2.24) is 24.8 Å². The molecule has 3 heterocycles. The molecule has 0 saturated heterocycles. The molecule has 5 nitrogen and oxygen atoms in total. The van der Waals surface area contributed by atoms with E-state index in [-0.39, 0.29) is 0 Å². The molecule has 24 heavy (non-hydrogen) atoms. The summed E-state index contributed by atoms with van der Waals surface area (Å²) in [6.45, 7) is 0. The molecule has 0 aliphatic heterocycles. The van der Waals surface area contributed by atoms with E-state index in [0.717, 1.165) is 32.1 Å². The Balaban J connectivity index is 1.66. The van der Waals surface area contributed by atoms with E-state index in [1.165, 1.54) is 11.3 Å². The van der Waals surface area contributed by atoms with Crippen LogP contribution in [0.5, 0.6) is 0 Å². The minimum absolute atomic E-state index is 0.662. The Morgan fingerprint density at radius 2 is 1.92 bits per heavy atom. The average molecular weight is 352 g/mol. The molecule has 0 atom stereocenters. The van der Waals surface area contributed by atoms with Gasteiger partial charge in [0.25, 0.3) is 0 Å². The molecule has 0 amide bonds. The summed E-state index contributed by atoms with van der Waals surface area (Å²) < 4.78 is 1.76. The standard InChI is InChI=1S/C17H10ClN5S/c18-12-6-3-5-11(8-12)15-20-21-17-23(15)22-16(24-17)14-9-10-4-1-2-7-13(10)19-14/h1-9,19H. The molecule has 3 aromatic heterocycles. The van der Waals surface area contributed by atoms with Gasteiger partial charge in [0.2, 0.25) is 4.96 Å². The lowest BCUT2D eigenvalue weighted by atomic mass is 10.2. The molecule has 2 aromatic carbocycles. The molecule has 0 radical (unpaired) electrons. The summed E-state index contributed by atoms with van der Waals surface area (Å²) in [7, 11) is 0. The van der Waals surface area contributed by atoms with E-state index >= 15 is 0 Å². The first-order chi connectivity index (χ1) is 11.8. The Bertz CT molecular complexity index is 1150. The van der Waals surface area contributed by atoms with Gasteiger partial charge in [-0.15, -0.1) is 10.2 Å². The fourth-order valence-electron chi connectivity index (χ4n) is 2.72. The van der Waals surface area contributed by atoms with Crippen LogP contribution < -0.4 is 0 Å². The van der Waals surface area contributed by atoms with Crippen LogP contribution in [0.2, 0.25) is 5.02 Å². The Morgan fingerprint density at radius 1 is 1.00 bits per heavy atom. The van der Waals surface area contributed by atoms with Crippen molar-refractivity contribution in [3.8, 4) is 22.1 Å². The second-order valence-electron chi connectivity index (χ2n) is 5.41. The zero-order valence-corrected chi connectivity index (χ0v) is 13.8. The van der Waals surface area contributed by atoms with Crippen molar-refractivity contribution in [2.75, 3.05) is 0 Å². The van der Waals surface area contributed by atoms with E-state index < -0.39 is 0 Å². The second-order valence-corrected chi connectivity index (χ2v) is 6.80. The third kappa shape index (κ3) is 2.11. The topological polar surface area (TPSA) is 58.9 Å². The molecule has 7 heteroatoms. The smallest absolute Gasteiger partial charge is 0.235 e. The molecule has 0 aliphatic carbocycles. The molecule has 5 aromatic rings. The van der Waals surface area contributed by atoms with E-state index in [0.29, 0.717) is 10.8 Å². The maximum absolute atomic E-state index is 6.08. The SMILES string of the molecule is Clc1cccc(-c2nnc3sc(-c4cc5ccccc5[nH]4)nn23)c1. The van der Waals surface area contributed by atoms with Crippen molar-refractivity contribution < 1.29 is 0 Å². The summed E-state index contributed by atoms with van der Waals surface area (Å²) in [5, 5.41) is 15.9. The number of aromatic amines is 1. The van der Waals surface area contributed by atoms with Gasteiger partial charge in [-0.3, -0.25) is 0 Å². The number of nitrogens with one attached hydrogen (secondary N) is 1. The monoisotopic (exact) mass is 351 g/mol. The summed E-state index contributed by atoms with van der Waals surface area (Å²) in [5.74, 6) is 0.686. The van der Waals surface area contributed by atoms with Crippen LogP contribution in [-0.4, -0.2) is 24.8 Å². The molecule has 1 N–H and O–H groups in total. The molecule has 0 saturated carbocycles. The van der Waals surface area contributed by atoms with Crippen molar-refractivity contribution in [3.63, 3.8) is 0 Å². The fourth-order valence-corrected chi connectivity index (χ4v) is 3.72. The first kappa shape index (κ1) is 13.7. The van der Waals surface area contributed by atoms with Crippen LogP contribution in [-0.2, 0) is 0 Å². The first-order valence-corrected chi connectivity index (χ1v) is 8.54. The molecular weight excluding hydrogens is 342 g/mol. The number of H-pyrrole nitrogens is 1. The fraction of sp³-hybridized carbons (Fsp3) is 0. The zero-order valence-electron chi connectivity index (χ0n) is 12.3. The van der Waals surface area contributed by atoms with Crippen LogP contribution in [0, 0.1) is 0 Å². The van der Waals surface area contributed by atoms with Gasteiger partial charge in [-0.1, -0.05) is 53.3 Å². The zero-order chi connectivity index (χ0) is 16.1. The Labute approximate surface area is 145 Å². The minimum atomic E-state index is 0.662. The van der Waals surface area contributed by atoms with Crippen LogP contribution in [0.3, 0.4) is 0 Å². The predicted molar refractivity (Wildman–Crippen MR) is 96.4 cm³/mol. The highest BCUT2D eigenvalue weighted by Crippen LogP contribution is 2.30. The summed E-state index contributed by atoms with van der Waals surface area (Å²) >= 11 is 7.58. The molecule has 0 spiro atoms. The quantitative estimate of drug-likeness (QED) is 0.503. The minimum Gasteiger partial charge on any atom is -0.353 e. The molecule has 0 bridgehead atoms. The molecule has 5 rings (SSSR count). The summed E-state index contributed by atoms with van der Waals surface area (Å²) in [5.41, 5.74) is 2.96. The largest absolute Gasteiger partial charge is 0.353 e. The van der Waals surface area contributed by atoms with E-state index in [2.05, 4.69) is 38.5 Å². The number of fused-ring (bicyclic) bond motifs is 2. The lowest BCUT2D eigenvalue weighted by Crippen LogP contribution is -1.90. The van der Waals surface area contributed by atoms with Crippen molar-refractivity contribution in [2.45, 2.75) is 0 Å². The van der Waals surface area contributed by atoms with Crippen LogP contribution >= 0.6 is 22.9 Å². The van der Waals surface area contributed by atoms with Gasteiger partial charge in [-0.25, -0.2) is 0 Å². The van der Waals surface area contributed by atoms with Crippen LogP contribution in [0.1, 0.15) is 0 Å². The van der Waals surface area contributed by atoms with Gasteiger partial charge in [0.1, 0.15) is 0 Å². The first-order valence-electron chi connectivity index (χ1n) is 7.34. The number of hydrogen-bond acceptors (Lipinski definition) is 4. The van der Waals surface area contributed by atoms with E-state index in [1.807, 2.05) is 36.4 Å². The van der Waals surface area contributed by atoms with Gasteiger partial charge < -0.3 is 4.98 Å². The highest BCUT2D eigenvalue weighted by molar-refractivity contribution is 7.19. The molecular formula is C17H10ClN5S. The van der Waals surface area contributed by atoms with Gasteiger partial charge in [-0.05, 0) is 24.3 Å². The highest BCUT2D eigenvalue weighted by Gasteiger charge is 2.15. The number of aromatic nitrogens is 5. The lowest BCUT2D eigenvalue weighted by Gasteiger charge is -1.97. The maximum atomic E-state index is 6.08. The van der Waals surface area contributed by atoms with Gasteiger partial charge in [0.15, 0.2) is 10.8 Å². The maximum Gasteiger partial charge on any atom is 0.235 e. The van der Waals surface area contributed by atoms with E-state index in [1.54, 1.807) is 4.52 Å². The lowest BCUT2D eigenvalue weighted by molar-refractivity contribution is 0.968. The number of nitrogens with zero attached hydrogens (tertiary/aromatic N) is 4. The van der Waals surface area contributed by atoms with Crippen LogP contribution in [0.4, 0.5) is 0 Å². The van der Waals surface area contributed by atoms with Gasteiger partial charge >= 0.3 is 0 Å². The summed E-state index contributed by atoms with van der Waals surface area (Å²) in [6, 6.07) is 17.8. The van der Waals surface area contributed by atoms with Gasteiger partial charge in [0.05, 0.1) is 5.69 Å². The summed E-state index contributed by atoms with van der Waals surface area (Å²) in [6.07, 6.45) is 0. The molecule has 0 aliphatic rings. The number of para-hydroxylation sites is 1. The second kappa shape index (κ2) is 5.15.